The van der Waals surface area contributed by atoms with E-state index in [1.807, 2.05) is 44.2 Å². The molecule has 35 heavy (non-hydrogen) atoms. The first-order chi connectivity index (χ1) is 16.5. The zero-order valence-electron chi connectivity index (χ0n) is 20.9. The van der Waals surface area contributed by atoms with Crippen molar-refractivity contribution in [3.63, 3.8) is 0 Å². The lowest BCUT2D eigenvalue weighted by Crippen LogP contribution is -2.43. The molecule has 0 aliphatic heterocycles. The molecule has 3 aromatic rings. The number of aliphatic hydroxyl groups is 1. The van der Waals surface area contributed by atoms with Crippen molar-refractivity contribution in [1.82, 2.24) is 10.6 Å². The number of hydrogen-bond donors (Lipinski definition) is 5. The van der Waals surface area contributed by atoms with Crippen LogP contribution in [-0.4, -0.2) is 39.9 Å². The Balaban J connectivity index is 1.55. The summed E-state index contributed by atoms with van der Waals surface area (Å²) in [5, 5.41) is 36.1. The SMILES string of the molecule is Cc1cccc(CCNC(=O)c2cccc(CC(C)(C)NC[C@H](O)c3cc(O)cc(O)c3)c2)c1C. The molecule has 0 fully saturated rings. The summed E-state index contributed by atoms with van der Waals surface area (Å²) in [6.45, 7) is 9.07. The molecular weight excluding hydrogens is 440 g/mol. The molecule has 0 heterocycles. The topological polar surface area (TPSA) is 102 Å². The van der Waals surface area contributed by atoms with Gasteiger partial charge in [-0.25, -0.2) is 0 Å². The first-order valence-corrected chi connectivity index (χ1v) is 11.9. The lowest BCUT2D eigenvalue weighted by Gasteiger charge is -2.28. The predicted molar refractivity (Wildman–Crippen MR) is 139 cm³/mol. The van der Waals surface area contributed by atoms with Gasteiger partial charge in [-0.3, -0.25) is 4.79 Å². The van der Waals surface area contributed by atoms with Crippen LogP contribution in [0, 0.1) is 13.8 Å². The van der Waals surface area contributed by atoms with Crippen molar-refractivity contribution in [1.29, 1.82) is 0 Å². The van der Waals surface area contributed by atoms with Crippen molar-refractivity contribution in [3.05, 3.63) is 94.0 Å². The van der Waals surface area contributed by atoms with E-state index < -0.39 is 6.10 Å². The Morgan fingerprint density at radius 2 is 1.66 bits per heavy atom. The lowest BCUT2D eigenvalue weighted by molar-refractivity contribution is 0.0954. The van der Waals surface area contributed by atoms with Gasteiger partial charge in [0.1, 0.15) is 11.5 Å². The van der Waals surface area contributed by atoms with E-state index in [0.29, 0.717) is 24.1 Å². The second-order valence-electron chi connectivity index (χ2n) is 9.81. The molecule has 1 amide bonds. The standard InChI is InChI=1S/C29H36N2O4/c1-19-7-5-9-22(20(19)2)11-12-30-28(35)23-10-6-8-21(13-23)17-29(3,4)31-18-27(34)24-14-25(32)16-26(33)15-24/h5-10,13-16,27,31-34H,11-12,17-18H2,1-4H3,(H,30,35)/t27-/m0/s1. The van der Waals surface area contributed by atoms with Gasteiger partial charge in [-0.15, -0.1) is 0 Å². The van der Waals surface area contributed by atoms with Crippen molar-refractivity contribution in [2.45, 2.75) is 52.2 Å². The molecule has 5 N–H and O–H groups in total. The number of phenols is 2. The van der Waals surface area contributed by atoms with E-state index in [1.165, 1.54) is 34.9 Å². The van der Waals surface area contributed by atoms with Crippen LogP contribution in [-0.2, 0) is 12.8 Å². The molecule has 0 aromatic heterocycles. The van der Waals surface area contributed by atoms with Crippen molar-refractivity contribution >= 4 is 5.91 Å². The van der Waals surface area contributed by atoms with Gasteiger partial charge >= 0.3 is 0 Å². The van der Waals surface area contributed by atoms with Crippen molar-refractivity contribution < 1.29 is 20.1 Å². The fourth-order valence-electron chi connectivity index (χ4n) is 4.19. The zero-order chi connectivity index (χ0) is 25.6. The summed E-state index contributed by atoms with van der Waals surface area (Å²) in [6.07, 6.45) is 0.547. The van der Waals surface area contributed by atoms with Crippen molar-refractivity contribution in [3.8, 4) is 11.5 Å². The van der Waals surface area contributed by atoms with Gasteiger partial charge in [-0.1, -0.05) is 30.3 Å². The highest BCUT2D eigenvalue weighted by Gasteiger charge is 2.21. The third-order valence-electron chi connectivity index (χ3n) is 6.32. The maximum Gasteiger partial charge on any atom is 0.251 e. The van der Waals surface area contributed by atoms with Crippen LogP contribution in [0.25, 0.3) is 0 Å². The molecule has 6 nitrogen and oxygen atoms in total. The highest BCUT2D eigenvalue weighted by Crippen LogP contribution is 2.25. The molecule has 0 aliphatic rings. The number of carbonyl (C=O) groups is 1. The van der Waals surface area contributed by atoms with E-state index in [9.17, 15) is 20.1 Å². The van der Waals surface area contributed by atoms with Gasteiger partial charge < -0.3 is 26.0 Å². The van der Waals surface area contributed by atoms with E-state index in [4.69, 9.17) is 0 Å². The van der Waals surface area contributed by atoms with E-state index >= 15 is 0 Å². The van der Waals surface area contributed by atoms with Gasteiger partial charge in [-0.05, 0) is 92.6 Å². The monoisotopic (exact) mass is 476 g/mol. The smallest absolute Gasteiger partial charge is 0.251 e. The summed E-state index contributed by atoms with van der Waals surface area (Å²) in [4.78, 5) is 12.7. The number of amides is 1. The first-order valence-electron chi connectivity index (χ1n) is 11.9. The number of aliphatic hydroxyl groups excluding tert-OH is 1. The molecule has 1 atom stereocenters. The average Bonchev–Trinajstić information content (AvgIpc) is 2.79. The minimum atomic E-state index is -0.888. The molecule has 186 valence electrons. The first kappa shape index (κ1) is 26.3. The van der Waals surface area contributed by atoms with Crippen LogP contribution in [0.15, 0.2) is 60.7 Å². The van der Waals surface area contributed by atoms with Crippen molar-refractivity contribution in [2.24, 2.45) is 0 Å². The second-order valence-corrected chi connectivity index (χ2v) is 9.81. The lowest BCUT2D eigenvalue weighted by atomic mass is 9.93. The Morgan fingerprint density at radius 1 is 0.971 bits per heavy atom. The van der Waals surface area contributed by atoms with Gasteiger partial charge in [0.05, 0.1) is 6.10 Å². The maximum atomic E-state index is 12.7. The van der Waals surface area contributed by atoms with Gasteiger partial charge in [0.2, 0.25) is 0 Å². The summed E-state index contributed by atoms with van der Waals surface area (Å²) in [7, 11) is 0. The molecule has 0 spiro atoms. The Labute approximate surface area is 207 Å². The number of nitrogens with one attached hydrogen (secondary N) is 2. The summed E-state index contributed by atoms with van der Waals surface area (Å²) in [5.74, 6) is -0.285. The van der Waals surface area contributed by atoms with E-state index in [2.05, 4.69) is 36.6 Å². The highest BCUT2D eigenvalue weighted by molar-refractivity contribution is 5.94. The maximum absolute atomic E-state index is 12.7. The summed E-state index contributed by atoms with van der Waals surface area (Å²) in [6, 6.07) is 17.9. The number of rotatable bonds is 10. The third kappa shape index (κ3) is 7.57. The summed E-state index contributed by atoms with van der Waals surface area (Å²) in [5.41, 5.74) is 5.47. The third-order valence-corrected chi connectivity index (χ3v) is 6.32. The zero-order valence-corrected chi connectivity index (χ0v) is 20.9. The van der Waals surface area contributed by atoms with Crippen molar-refractivity contribution in [2.75, 3.05) is 13.1 Å². The summed E-state index contributed by atoms with van der Waals surface area (Å²) >= 11 is 0. The normalized spacial score (nSPS) is 12.4. The number of aryl methyl sites for hydroxylation is 1. The predicted octanol–water partition coefficient (Wildman–Crippen LogP) is 4.33. The molecule has 3 aromatic carbocycles. The average molecular weight is 477 g/mol. The molecule has 3 rings (SSSR count). The fraction of sp³-hybridized carbons (Fsp3) is 0.345. The molecule has 0 aliphatic carbocycles. The minimum Gasteiger partial charge on any atom is -0.508 e. The fourth-order valence-corrected chi connectivity index (χ4v) is 4.19. The molecule has 0 unspecified atom stereocenters. The quantitative estimate of drug-likeness (QED) is 0.300. The van der Waals surface area contributed by atoms with Gasteiger partial charge in [0, 0.05) is 30.3 Å². The number of carbonyl (C=O) groups excluding carboxylic acids is 1. The number of phenolic OH excluding ortho intramolecular Hbond substituents is 2. The van der Waals surface area contributed by atoms with E-state index in [0.717, 1.165) is 12.0 Å². The largest absolute Gasteiger partial charge is 0.508 e. The number of benzene rings is 3. The van der Waals surface area contributed by atoms with Gasteiger partial charge in [0.15, 0.2) is 0 Å². The molecule has 0 radical (unpaired) electrons. The Bertz CT molecular complexity index is 1150. The number of hydrogen-bond acceptors (Lipinski definition) is 5. The number of β-amino-alcohol motifs (C(OH)–C–C–N with tert-alkyl or cyclic N) is 1. The van der Waals surface area contributed by atoms with Crippen LogP contribution in [0.3, 0.4) is 0 Å². The van der Waals surface area contributed by atoms with Crippen LogP contribution in [0.4, 0.5) is 0 Å². The second kappa shape index (κ2) is 11.4. The Morgan fingerprint density at radius 3 is 2.37 bits per heavy atom. The van der Waals surface area contributed by atoms with Crippen LogP contribution >= 0.6 is 0 Å². The van der Waals surface area contributed by atoms with Crippen LogP contribution in [0.2, 0.25) is 0 Å². The molecule has 6 heteroatoms. The number of aromatic hydroxyl groups is 2. The van der Waals surface area contributed by atoms with Crippen LogP contribution < -0.4 is 10.6 Å². The molecular formula is C29H36N2O4. The molecule has 0 saturated heterocycles. The Hall–Kier alpha value is -3.35. The van der Waals surface area contributed by atoms with E-state index in [1.54, 1.807) is 0 Å². The van der Waals surface area contributed by atoms with Crippen LogP contribution in [0.5, 0.6) is 11.5 Å². The molecule has 0 saturated carbocycles. The molecule has 0 bridgehead atoms. The summed E-state index contributed by atoms with van der Waals surface area (Å²) < 4.78 is 0. The highest BCUT2D eigenvalue weighted by atomic mass is 16.3. The Kier molecular flexibility index (Phi) is 8.54. The van der Waals surface area contributed by atoms with Gasteiger partial charge in [-0.2, -0.15) is 0 Å². The van der Waals surface area contributed by atoms with E-state index in [-0.39, 0.29) is 29.5 Å². The van der Waals surface area contributed by atoms with Gasteiger partial charge in [0.25, 0.3) is 5.91 Å². The van der Waals surface area contributed by atoms with Crippen LogP contribution in [0.1, 0.15) is 58.1 Å². The minimum absolute atomic E-state index is 0.0950.